The minimum absolute atomic E-state index is 0.0226. The van der Waals surface area contributed by atoms with Crippen molar-refractivity contribution in [3.05, 3.63) is 59.4 Å². The molecule has 2 atom stereocenters. The first kappa shape index (κ1) is 14.5. The maximum Gasteiger partial charge on any atom is 0.313 e. The molecule has 3 rings (SSSR count). The van der Waals surface area contributed by atoms with Gasteiger partial charge in [-0.15, -0.1) is 0 Å². The molecule has 0 bridgehead atoms. The van der Waals surface area contributed by atoms with Gasteiger partial charge in [0.15, 0.2) is 0 Å². The average molecular weight is 316 g/mol. The van der Waals surface area contributed by atoms with E-state index >= 15 is 0 Å². The zero-order valence-electron chi connectivity index (χ0n) is 11.6. The van der Waals surface area contributed by atoms with Gasteiger partial charge in [-0.25, -0.2) is 0 Å². The van der Waals surface area contributed by atoms with Crippen LogP contribution in [0.1, 0.15) is 17.9 Å². The lowest BCUT2D eigenvalue weighted by Gasteiger charge is -2.06. The van der Waals surface area contributed by atoms with Gasteiger partial charge in [-0.3, -0.25) is 14.6 Å². The van der Waals surface area contributed by atoms with E-state index in [-0.39, 0.29) is 12.0 Å². The van der Waals surface area contributed by atoms with Crippen molar-refractivity contribution in [3.63, 3.8) is 0 Å². The Morgan fingerprint density at radius 1 is 1.18 bits per heavy atom. The molecule has 1 saturated carbocycles. The van der Waals surface area contributed by atoms with Crippen molar-refractivity contribution in [1.82, 2.24) is 10.3 Å². The highest BCUT2D eigenvalue weighted by Crippen LogP contribution is 2.41. The summed E-state index contributed by atoms with van der Waals surface area (Å²) in [6.07, 6.45) is 3.89. The number of nitrogens with one attached hydrogen (secondary N) is 2. The number of aromatic nitrogens is 1. The minimum Gasteiger partial charge on any atom is -0.344 e. The first-order valence-corrected chi connectivity index (χ1v) is 7.28. The summed E-state index contributed by atoms with van der Waals surface area (Å²) in [5.74, 6) is -1.11. The number of hydrogen-bond acceptors (Lipinski definition) is 3. The van der Waals surface area contributed by atoms with Crippen LogP contribution >= 0.6 is 11.6 Å². The summed E-state index contributed by atoms with van der Waals surface area (Å²) in [6, 6.07) is 10.9. The van der Waals surface area contributed by atoms with Crippen LogP contribution in [0.25, 0.3) is 0 Å². The lowest BCUT2D eigenvalue weighted by atomic mass is 10.1. The van der Waals surface area contributed by atoms with Gasteiger partial charge in [0, 0.05) is 23.2 Å². The predicted octanol–water partition coefficient (Wildman–Crippen LogP) is 2.35. The average Bonchev–Trinajstić information content (AvgIpc) is 3.27. The fraction of sp³-hybridized carbons (Fsp3) is 0.188. The predicted molar refractivity (Wildman–Crippen MR) is 83.6 cm³/mol. The van der Waals surface area contributed by atoms with Crippen LogP contribution in [0.15, 0.2) is 48.8 Å². The third-order valence-corrected chi connectivity index (χ3v) is 3.74. The van der Waals surface area contributed by atoms with Gasteiger partial charge in [-0.2, -0.15) is 0 Å². The van der Waals surface area contributed by atoms with Gasteiger partial charge in [-0.1, -0.05) is 23.7 Å². The molecule has 0 aliphatic heterocycles. The van der Waals surface area contributed by atoms with Gasteiger partial charge in [-0.05, 0) is 36.2 Å². The molecule has 112 valence electrons. The molecule has 1 aromatic heterocycles. The Balaban J connectivity index is 1.54. The van der Waals surface area contributed by atoms with Crippen LogP contribution in [0.2, 0.25) is 5.02 Å². The second-order valence-electron chi connectivity index (χ2n) is 5.17. The molecule has 22 heavy (non-hydrogen) atoms. The van der Waals surface area contributed by atoms with Crippen LogP contribution in [0, 0.1) is 0 Å². The van der Waals surface area contributed by atoms with Crippen molar-refractivity contribution >= 4 is 29.1 Å². The summed E-state index contributed by atoms with van der Waals surface area (Å²) in [5, 5.41) is 5.90. The van der Waals surface area contributed by atoms with Gasteiger partial charge < -0.3 is 10.6 Å². The number of carbonyl (C=O) groups is 2. The Hall–Kier alpha value is -2.40. The van der Waals surface area contributed by atoms with E-state index in [4.69, 9.17) is 11.6 Å². The molecule has 0 saturated heterocycles. The minimum atomic E-state index is -0.690. The first-order valence-electron chi connectivity index (χ1n) is 6.91. The van der Waals surface area contributed by atoms with Gasteiger partial charge in [0.25, 0.3) is 0 Å². The second kappa shape index (κ2) is 6.15. The van der Waals surface area contributed by atoms with Crippen LogP contribution in [-0.4, -0.2) is 22.8 Å². The Morgan fingerprint density at radius 2 is 2.05 bits per heavy atom. The molecule has 2 amide bonds. The SMILES string of the molecule is O=C(Nc1cccnc1)C(=O)N[C@@H]1C[C@H]1c1cccc(Cl)c1. The van der Waals surface area contributed by atoms with Gasteiger partial charge in [0.1, 0.15) is 0 Å². The van der Waals surface area contributed by atoms with E-state index in [1.165, 1.54) is 6.20 Å². The van der Waals surface area contributed by atoms with Crippen LogP contribution in [0.3, 0.4) is 0 Å². The number of amides is 2. The van der Waals surface area contributed by atoms with Crippen LogP contribution in [0.5, 0.6) is 0 Å². The first-order chi connectivity index (χ1) is 10.6. The summed E-state index contributed by atoms with van der Waals surface area (Å²) >= 11 is 5.95. The summed E-state index contributed by atoms with van der Waals surface area (Å²) in [5.41, 5.74) is 1.57. The third-order valence-electron chi connectivity index (χ3n) is 3.51. The molecule has 0 radical (unpaired) electrons. The van der Waals surface area contributed by atoms with Crippen LogP contribution in [0.4, 0.5) is 5.69 Å². The van der Waals surface area contributed by atoms with Gasteiger partial charge in [0.05, 0.1) is 11.9 Å². The largest absolute Gasteiger partial charge is 0.344 e. The van der Waals surface area contributed by atoms with E-state index in [2.05, 4.69) is 15.6 Å². The van der Waals surface area contributed by atoms with E-state index in [0.29, 0.717) is 10.7 Å². The van der Waals surface area contributed by atoms with Gasteiger partial charge >= 0.3 is 11.8 Å². The van der Waals surface area contributed by atoms with Crippen LogP contribution < -0.4 is 10.6 Å². The normalized spacial score (nSPS) is 19.3. The van der Waals surface area contributed by atoms with Crippen molar-refractivity contribution in [2.45, 2.75) is 18.4 Å². The Labute approximate surface area is 132 Å². The molecule has 1 fully saturated rings. The highest BCUT2D eigenvalue weighted by Gasteiger charge is 2.40. The summed E-state index contributed by atoms with van der Waals surface area (Å²) < 4.78 is 0. The van der Waals surface area contributed by atoms with Crippen LogP contribution in [-0.2, 0) is 9.59 Å². The summed E-state index contributed by atoms with van der Waals surface area (Å²) in [6.45, 7) is 0. The molecule has 1 aliphatic carbocycles. The van der Waals surface area contributed by atoms with Crippen molar-refractivity contribution < 1.29 is 9.59 Å². The van der Waals surface area contributed by atoms with Crippen molar-refractivity contribution in [1.29, 1.82) is 0 Å². The number of halogens is 1. The molecule has 0 unspecified atom stereocenters. The third kappa shape index (κ3) is 3.43. The molecule has 0 spiro atoms. The van der Waals surface area contributed by atoms with Crippen molar-refractivity contribution in [2.24, 2.45) is 0 Å². The highest BCUT2D eigenvalue weighted by molar-refractivity contribution is 6.39. The topological polar surface area (TPSA) is 71.1 Å². The molecule has 2 aromatic rings. The van der Waals surface area contributed by atoms with Gasteiger partial charge in [0.2, 0.25) is 0 Å². The molecule has 1 heterocycles. The number of hydrogen-bond donors (Lipinski definition) is 2. The zero-order chi connectivity index (χ0) is 15.5. The number of pyridine rings is 1. The fourth-order valence-electron chi connectivity index (χ4n) is 2.32. The quantitative estimate of drug-likeness (QED) is 0.854. The standard InChI is InChI=1S/C16H14ClN3O2/c17-11-4-1-3-10(7-11)13-8-14(13)20-16(22)15(21)19-12-5-2-6-18-9-12/h1-7,9,13-14H,8H2,(H,19,21)(H,20,22)/t13-,14+/m0/s1. The Kier molecular flexibility index (Phi) is 4.06. The molecule has 1 aliphatic rings. The Bertz CT molecular complexity index is 706. The zero-order valence-corrected chi connectivity index (χ0v) is 12.4. The lowest BCUT2D eigenvalue weighted by Crippen LogP contribution is -2.37. The molecule has 1 aromatic carbocycles. The lowest BCUT2D eigenvalue weighted by molar-refractivity contribution is -0.136. The van der Waals surface area contributed by atoms with E-state index in [0.717, 1.165) is 12.0 Å². The summed E-state index contributed by atoms with van der Waals surface area (Å²) in [4.78, 5) is 27.5. The molecular weight excluding hydrogens is 302 g/mol. The number of carbonyl (C=O) groups excluding carboxylic acids is 2. The Morgan fingerprint density at radius 3 is 2.77 bits per heavy atom. The van der Waals surface area contributed by atoms with E-state index < -0.39 is 11.8 Å². The smallest absolute Gasteiger partial charge is 0.313 e. The second-order valence-corrected chi connectivity index (χ2v) is 5.61. The molecule has 5 nitrogen and oxygen atoms in total. The van der Waals surface area contributed by atoms with Crippen molar-refractivity contribution in [2.75, 3.05) is 5.32 Å². The fourth-order valence-corrected chi connectivity index (χ4v) is 2.52. The molecule has 6 heteroatoms. The number of rotatable bonds is 3. The molecular formula is C16H14ClN3O2. The monoisotopic (exact) mass is 315 g/mol. The maximum absolute atomic E-state index is 11.9. The van der Waals surface area contributed by atoms with E-state index in [1.807, 2.05) is 24.3 Å². The number of anilines is 1. The maximum atomic E-state index is 11.9. The van der Waals surface area contributed by atoms with E-state index in [1.54, 1.807) is 18.3 Å². The number of benzene rings is 1. The summed E-state index contributed by atoms with van der Waals surface area (Å²) in [7, 11) is 0. The van der Waals surface area contributed by atoms with Crippen molar-refractivity contribution in [3.8, 4) is 0 Å². The molecule has 2 N–H and O–H groups in total. The van der Waals surface area contributed by atoms with E-state index in [9.17, 15) is 9.59 Å². The number of nitrogens with zero attached hydrogens (tertiary/aromatic N) is 1. The highest BCUT2D eigenvalue weighted by atomic mass is 35.5.